The number of carbonyl (C=O) groups is 1. The van der Waals surface area contributed by atoms with E-state index < -0.39 is 5.79 Å². The first-order valence-corrected chi connectivity index (χ1v) is 9.33. The minimum atomic E-state index is -0.636. The lowest BCUT2D eigenvalue weighted by Gasteiger charge is -2.19. The van der Waals surface area contributed by atoms with Gasteiger partial charge in [-0.25, -0.2) is 4.79 Å². The molecule has 0 spiro atoms. The zero-order chi connectivity index (χ0) is 19.7. The third kappa shape index (κ3) is 7.33. The zero-order valence-electron chi connectivity index (χ0n) is 16.7. The number of ether oxygens (including phenoxy) is 5. The summed E-state index contributed by atoms with van der Waals surface area (Å²) in [7, 11) is 1.65. The summed E-state index contributed by atoms with van der Waals surface area (Å²) in [5.74, 6) is -0.155. The van der Waals surface area contributed by atoms with Crippen molar-refractivity contribution in [2.75, 3.05) is 26.9 Å². The van der Waals surface area contributed by atoms with Gasteiger partial charge in [0.15, 0.2) is 5.79 Å². The van der Waals surface area contributed by atoms with E-state index in [0.29, 0.717) is 32.8 Å². The first-order chi connectivity index (χ1) is 12.9. The van der Waals surface area contributed by atoms with Crippen LogP contribution in [0.3, 0.4) is 0 Å². The highest BCUT2D eigenvalue weighted by Gasteiger charge is 2.34. The molecular formula is C21H30O6. The first-order valence-electron chi connectivity index (χ1n) is 9.33. The van der Waals surface area contributed by atoms with Crippen molar-refractivity contribution >= 4 is 5.97 Å². The van der Waals surface area contributed by atoms with Gasteiger partial charge in [0.05, 0.1) is 26.9 Å². The molecule has 6 nitrogen and oxygen atoms in total. The van der Waals surface area contributed by atoms with E-state index in [0.717, 1.165) is 23.3 Å². The molecule has 1 aromatic carbocycles. The van der Waals surface area contributed by atoms with Gasteiger partial charge in [-0.15, -0.1) is 0 Å². The fourth-order valence-electron chi connectivity index (χ4n) is 2.82. The van der Waals surface area contributed by atoms with Crippen LogP contribution in [0.15, 0.2) is 35.9 Å². The van der Waals surface area contributed by atoms with E-state index >= 15 is 0 Å². The molecule has 0 aliphatic carbocycles. The van der Waals surface area contributed by atoms with Crippen molar-refractivity contribution in [3.8, 4) is 5.75 Å². The SMILES string of the molecule is CCOC(=O)/C=C(/CCCOCc1ccc(OC)cc1)[C@H]1COC(C)(C)O1. The van der Waals surface area contributed by atoms with E-state index in [4.69, 9.17) is 23.7 Å². The van der Waals surface area contributed by atoms with Gasteiger partial charge in [-0.2, -0.15) is 0 Å². The molecule has 0 unspecified atom stereocenters. The van der Waals surface area contributed by atoms with Crippen LogP contribution in [-0.4, -0.2) is 44.8 Å². The maximum Gasteiger partial charge on any atom is 0.330 e. The molecule has 1 atom stereocenters. The summed E-state index contributed by atoms with van der Waals surface area (Å²) in [5.41, 5.74) is 1.97. The van der Waals surface area contributed by atoms with Gasteiger partial charge in [-0.3, -0.25) is 0 Å². The van der Waals surface area contributed by atoms with Crippen molar-refractivity contribution < 1.29 is 28.5 Å². The molecule has 1 aliphatic heterocycles. The van der Waals surface area contributed by atoms with E-state index in [9.17, 15) is 4.79 Å². The van der Waals surface area contributed by atoms with Crippen LogP contribution in [0, 0.1) is 0 Å². The summed E-state index contributed by atoms with van der Waals surface area (Å²) in [6.07, 6.45) is 2.77. The normalized spacial score (nSPS) is 19.1. The van der Waals surface area contributed by atoms with Gasteiger partial charge in [-0.1, -0.05) is 12.1 Å². The Bertz CT molecular complexity index is 620. The lowest BCUT2D eigenvalue weighted by molar-refractivity contribution is -0.139. The molecule has 2 rings (SSSR count). The summed E-state index contributed by atoms with van der Waals surface area (Å²) in [6.45, 7) is 7.43. The van der Waals surface area contributed by atoms with Gasteiger partial charge < -0.3 is 23.7 Å². The second kappa shape index (κ2) is 10.4. The van der Waals surface area contributed by atoms with E-state index in [1.54, 1.807) is 14.0 Å². The molecule has 1 aliphatic rings. The number of methoxy groups -OCH3 is 1. The van der Waals surface area contributed by atoms with Crippen LogP contribution in [0.25, 0.3) is 0 Å². The molecular weight excluding hydrogens is 348 g/mol. The Labute approximate surface area is 161 Å². The van der Waals surface area contributed by atoms with E-state index in [-0.39, 0.29) is 12.1 Å². The van der Waals surface area contributed by atoms with Gasteiger partial charge >= 0.3 is 5.97 Å². The van der Waals surface area contributed by atoms with Crippen LogP contribution in [0.4, 0.5) is 0 Å². The molecule has 1 aromatic rings. The molecule has 1 heterocycles. The van der Waals surface area contributed by atoms with Crippen LogP contribution in [0.5, 0.6) is 5.75 Å². The van der Waals surface area contributed by atoms with Crippen molar-refractivity contribution in [3.05, 3.63) is 41.5 Å². The molecule has 1 fully saturated rings. The third-order valence-electron chi connectivity index (χ3n) is 4.19. The maximum absolute atomic E-state index is 11.9. The molecule has 0 amide bonds. The average molecular weight is 378 g/mol. The Morgan fingerprint density at radius 2 is 2.04 bits per heavy atom. The van der Waals surface area contributed by atoms with Crippen molar-refractivity contribution in [1.82, 2.24) is 0 Å². The average Bonchev–Trinajstić information content (AvgIpc) is 3.01. The van der Waals surface area contributed by atoms with Crippen LogP contribution < -0.4 is 4.74 Å². The monoisotopic (exact) mass is 378 g/mol. The van der Waals surface area contributed by atoms with Crippen molar-refractivity contribution in [3.63, 3.8) is 0 Å². The summed E-state index contributed by atoms with van der Waals surface area (Å²) >= 11 is 0. The Balaban J connectivity index is 1.81. The number of hydrogen-bond acceptors (Lipinski definition) is 6. The third-order valence-corrected chi connectivity index (χ3v) is 4.19. The van der Waals surface area contributed by atoms with E-state index in [1.807, 2.05) is 38.1 Å². The lowest BCUT2D eigenvalue weighted by Crippen LogP contribution is -2.23. The smallest absolute Gasteiger partial charge is 0.330 e. The summed E-state index contributed by atoms with van der Waals surface area (Å²) in [5, 5.41) is 0. The molecule has 1 saturated heterocycles. The molecule has 0 bridgehead atoms. The molecule has 0 aromatic heterocycles. The second-order valence-electron chi connectivity index (χ2n) is 6.79. The number of carbonyl (C=O) groups excluding carboxylic acids is 1. The Morgan fingerprint density at radius 1 is 1.30 bits per heavy atom. The van der Waals surface area contributed by atoms with Crippen LogP contribution in [0.1, 0.15) is 39.2 Å². The number of rotatable bonds is 10. The zero-order valence-corrected chi connectivity index (χ0v) is 16.7. The van der Waals surface area contributed by atoms with Gasteiger partial charge in [0, 0.05) is 12.7 Å². The minimum absolute atomic E-state index is 0.231. The van der Waals surface area contributed by atoms with Crippen LogP contribution in [-0.2, 0) is 30.3 Å². The second-order valence-corrected chi connectivity index (χ2v) is 6.79. The molecule has 0 N–H and O–H groups in total. The van der Waals surface area contributed by atoms with E-state index in [1.165, 1.54) is 6.08 Å². The summed E-state index contributed by atoms with van der Waals surface area (Å²) in [4.78, 5) is 11.9. The van der Waals surface area contributed by atoms with Crippen molar-refractivity contribution in [1.29, 1.82) is 0 Å². The van der Waals surface area contributed by atoms with Gasteiger partial charge in [-0.05, 0) is 56.9 Å². The highest BCUT2D eigenvalue weighted by atomic mass is 16.7. The van der Waals surface area contributed by atoms with Crippen LogP contribution in [0.2, 0.25) is 0 Å². The highest BCUT2D eigenvalue weighted by Crippen LogP contribution is 2.28. The predicted molar refractivity (Wildman–Crippen MR) is 102 cm³/mol. The summed E-state index contributed by atoms with van der Waals surface area (Å²) < 4.78 is 27.4. The Hall–Kier alpha value is -1.89. The molecule has 0 saturated carbocycles. The van der Waals surface area contributed by atoms with Crippen molar-refractivity contribution in [2.45, 2.75) is 52.1 Å². The Kier molecular flexibility index (Phi) is 8.28. The number of hydrogen-bond donors (Lipinski definition) is 0. The van der Waals surface area contributed by atoms with Gasteiger partial charge in [0.1, 0.15) is 11.9 Å². The minimum Gasteiger partial charge on any atom is -0.497 e. The molecule has 27 heavy (non-hydrogen) atoms. The maximum atomic E-state index is 11.9. The predicted octanol–water partition coefficient (Wildman–Crippen LogP) is 3.63. The van der Waals surface area contributed by atoms with Crippen molar-refractivity contribution in [2.24, 2.45) is 0 Å². The molecule has 6 heteroatoms. The standard InChI is InChI=1S/C21H30O6/c1-5-25-20(22)13-17(19-15-26-21(2,3)27-19)7-6-12-24-14-16-8-10-18(23-4)11-9-16/h8-11,13,19H,5-7,12,14-15H2,1-4H3/b17-13-/t19-/m1/s1. The molecule has 150 valence electrons. The number of benzene rings is 1. The largest absolute Gasteiger partial charge is 0.497 e. The van der Waals surface area contributed by atoms with Gasteiger partial charge in [0.2, 0.25) is 0 Å². The first kappa shape index (κ1) is 21.4. The van der Waals surface area contributed by atoms with Gasteiger partial charge in [0.25, 0.3) is 0 Å². The Morgan fingerprint density at radius 3 is 2.63 bits per heavy atom. The number of esters is 1. The fraction of sp³-hybridized carbons (Fsp3) is 0.571. The highest BCUT2D eigenvalue weighted by molar-refractivity contribution is 5.83. The topological polar surface area (TPSA) is 63.2 Å². The molecule has 0 radical (unpaired) electrons. The quantitative estimate of drug-likeness (QED) is 0.352. The van der Waals surface area contributed by atoms with E-state index in [2.05, 4.69) is 0 Å². The summed E-state index contributed by atoms with van der Waals surface area (Å²) in [6, 6.07) is 7.80. The lowest BCUT2D eigenvalue weighted by atomic mass is 10.0. The fourth-order valence-corrected chi connectivity index (χ4v) is 2.82. The van der Waals surface area contributed by atoms with Crippen LogP contribution >= 0.6 is 0 Å².